The molecule has 1 aromatic carbocycles. The van der Waals surface area contributed by atoms with Gasteiger partial charge in [0.15, 0.2) is 0 Å². The van der Waals surface area contributed by atoms with E-state index in [0.717, 1.165) is 18.4 Å². The van der Waals surface area contributed by atoms with E-state index in [4.69, 9.17) is 5.73 Å². The van der Waals surface area contributed by atoms with E-state index in [2.05, 4.69) is 4.72 Å². The summed E-state index contributed by atoms with van der Waals surface area (Å²) in [5, 5.41) is 9.47. The van der Waals surface area contributed by atoms with Crippen LogP contribution in [0.4, 0.5) is 5.69 Å². The summed E-state index contributed by atoms with van der Waals surface area (Å²) in [5.41, 5.74) is 7.63. The van der Waals surface area contributed by atoms with Crippen LogP contribution in [0.25, 0.3) is 0 Å². The molecule has 112 valence electrons. The maximum absolute atomic E-state index is 12.4. The lowest BCUT2D eigenvalue weighted by Gasteiger charge is -2.15. The van der Waals surface area contributed by atoms with Crippen LogP contribution in [0.5, 0.6) is 0 Å². The van der Waals surface area contributed by atoms with Crippen LogP contribution in [0, 0.1) is 19.8 Å². The average molecular weight is 298 g/mol. The fraction of sp³-hybridized carbons (Fsp3) is 0.571. The molecule has 0 saturated heterocycles. The van der Waals surface area contributed by atoms with Gasteiger partial charge in [-0.2, -0.15) is 0 Å². The normalized spacial score (nSPS) is 23.1. The first-order valence-electron chi connectivity index (χ1n) is 6.84. The summed E-state index contributed by atoms with van der Waals surface area (Å²) in [6, 6.07) is 3.58. The molecule has 0 aromatic heterocycles. The van der Waals surface area contributed by atoms with Gasteiger partial charge in [0.2, 0.25) is 10.0 Å². The summed E-state index contributed by atoms with van der Waals surface area (Å²) in [5.74, 6) is 0.200. The Morgan fingerprint density at radius 3 is 2.55 bits per heavy atom. The lowest BCUT2D eigenvalue weighted by molar-refractivity contribution is 0.178. The highest BCUT2D eigenvalue weighted by molar-refractivity contribution is 7.89. The number of anilines is 1. The molecule has 0 amide bonds. The van der Waals surface area contributed by atoms with Gasteiger partial charge >= 0.3 is 0 Å². The fourth-order valence-corrected chi connectivity index (χ4v) is 4.24. The Morgan fingerprint density at radius 2 is 1.95 bits per heavy atom. The summed E-state index contributed by atoms with van der Waals surface area (Å²) in [4.78, 5) is 0.177. The van der Waals surface area contributed by atoms with Crippen molar-refractivity contribution in [2.24, 2.45) is 5.92 Å². The molecule has 1 saturated carbocycles. The largest absolute Gasteiger partial charge is 0.397 e. The van der Waals surface area contributed by atoms with Crippen molar-refractivity contribution >= 4 is 15.7 Å². The van der Waals surface area contributed by atoms with Crippen LogP contribution in [0.15, 0.2) is 17.0 Å². The van der Waals surface area contributed by atoms with Gasteiger partial charge < -0.3 is 10.8 Å². The van der Waals surface area contributed by atoms with Gasteiger partial charge in [0.25, 0.3) is 0 Å². The van der Waals surface area contributed by atoms with Gasteiger partial charge in [-0.1, -0.05) is 12.1 Å². The van der Waals surface area contributed by atoms with Gasteiger partial charge in [0, 0.05) is 6.54 Å². The van der Waals surface area contributed by atoms with E-state index in [1.54, 1.807) is 19.9 Å². The summed E-state index contributed by atoms with van der Waals surface area (Å²) < 4.78 is 27.4. The molecular formula is C14H22N2O3S. The Kier molecular flexibility index (Phi) is 4.36. The topological polar surface area (TPSA) is 92.4 Å². The number of aliphatic hydroxyl groups excluding tert-OH is 1. The first-order valence-corrected chi connectivity index (χ1v) is 8.33. The van der Waals surface area contributed by atoms with Crippen molar-refractivity contribution in [2.75, 3.05) is 12.3 Å². The van der Waals surface area contributed by atoms with Gasteiger partial charge in [0.1, 0.15) is 4.90 Å². The zero-order valence-corrected chi connectivity index (χ0v) is 12.7. The number of nitrogens with one attached hydrogen (secondary N) is 1. The average Bonchev–Trinajstić information content (AvgIpc) is 2.78. The van der Waals surface area contributed by atoms with Crippen LogP contribution in [0.1, 0.15) is 30.4 Å². The van der Waals surface area contributed by atoms with E-state index in [1.165, 1.54) is 0 Å². The maximum Gasteiger partial charge on any atom is 0.242 e. The third-order valence-electron chi connectivity index (χ3n) is 3.96. The number of nitrogen functional groups attached to an aromatic ring is 1. The van der Waals surface area contributed by atoms with Gasteiger partial charge in [-0.05, 0) is 50.2 Å². The Bertz CT molecular complexity index is 599. The number of benzene rings is 1. The molecule has 0 radical (unpaired) electrons. The molecule has 0 spiro atoms. The smallest absolute Gasteiger partial charge is 0.242 e. The maximum atomic E-state index is 12.4. The predicted molar refractivity (Wildman–Crippen MR) is 78.9 cm³/mol. The van der Waals surface area contributed by atoms with Crippen LogP contribution in [-0.4, -0.2) is 26.2 Å². The van der Waals surface area contributed by atoms with Crippen molar-refractivity contribution in [2.45, 2.75) is 44.1 Å². The van der Waals surface area contributed by atoms with E-state index in [1.807, 2.05) is 6.07 Å². The van der Waals surface area contributed by atoms with Crippen molar-refractivity contribution in [1.29, 1.82) is 0 Å². The van der Waals surface area contributed by atoms with E-state index in [0.29, 0.717) is 24.2 Å². The van der Waals surface area contributed by atoms with E-state index >= 15 is 0 Å². The summed E-state index contributed by atoms with van der Waals surface area (Å²) >= 11 is 0. The highest BCUT2D eigenvalue weighted by Crippen LogP contribution is 2.28. The van der Waals surface area contributed by atoms with E-state index < -0.39 is 10.0 Å². The summed E-state index contributed by atoms with van der Waals surface area (Å²) in [6.45, 7) is 3.89. The first-order chi connectivity index (χ1) is 9.31. The highest BCUT2D eigenvalue weighted by Gasteiger charge is 2.26. The van der Waals surface area contributed by atoms with Crippen molar-refractivity contribution < 1.29 is 13.5 Å². The number of hydrogen-bond donors (Lipinski definition) is 3. The van der Waals surface area contributed by atoms with Crippen molar-refractivity contribution in [3.8, 4) is 0 Å². The number of aryl methyl sites for hydroxylation is 2. The fourth-order valence-electron chi connectivity index (χ4n) is 2.70. The Labute approximate surface area is 120 Å². The number of nitrogens with two attached hydrogens (primary N) is 1. The molecule has 1 aliphatic rings. The molecule has 1 aliphatic carbocycles. The van der Waals surface area contributed by atoms with Gasteiger partial charge in [-0.25, -0.2) is 13.1 Å². The zero-order chi connectivity index (χ0) is 14.9. The summed E-state index contributed by atoms with van der Waals surface area (Å²) in [7, 11) is -3.61. The SMILES string of the molecule is Cc1ccc(C)c(S(=O)(=O)NCC2CCC(O)C2)c1N. The quantitative estimate of drug-likeness (QED) is 0.731. The molecule has 2 atom stereocenters. The molecule has 2 unspecified atom stereocenters. The minimum atomic E-state index is -3.61. The molecule has 1 fully saturated rings. The summed E-state index contributed by atoms with van der Waals surface area (Å²) in [6.07, 6.45) is 1.96. The lowest BCUT2D eigenvalue weighted by Crippen LogP contribution is -2.30. The Morgan fingerprint density at radius 1 is 1.30 bits per heavy atom. The molecule has 4 N–H and O–H groups in total. The molecule has 20 heavy (non-hydrogen) atoms. The zero-order valence-electron chi connectivity index (χ0n) is 11.9. The van der Waals surface area contributed by atoms with E-state index in [-0.39, 0.29) is 16.9 Å². The predicted octanol–water partition coefficient (Wildman–Crippen LogP) is 1.32. The van der Waals surface area contributed by atoms with Crippen molar-refractivity contribution in [1.82, 2.24) is 4.72 Å². The molecule has 0 aliphatic heterocycles. The molecular weight excluding hydrogens is 276 g/mol. The second-order valence-corrected chi connectivity index (χ2v) is 7.33. The molecule has 6 heteroatoms. The molecule has 0 bridgehead atoms. The van der Waals surface area contributed by atoms with Crippen LogP contribution in [-0.2, 0) is 10.0 Å². The molecule has 5 nitrogen and oxygen atoms in total. The molecule has 0 heterocycles. The second kappa shape index (κ2) is 5.71. The number of sulfonamides is 1. The van der Waals surface area contributed by atoms with Crippen LogP contribution in [0.3, 0.4) is 0 Å². The van der Waals surface area contributed by atoms with Crippen LogP contribution >= 0.6 is 0 Å². The Balaban J connectivity index is 2.17. The third kappa shape index (κ3) is 3.13. The lowest BCUT2D eigenvalue weighted by atomic mass is 10.1. The number of aliphatic hydroxyl groups is 1. The third-order valence-corrected chi connectivity index (χ3v) is 5.58. The van der Waals surface area contributed by atoms with E-state index in [9.17, 15) is 13.5 Å². The van der Waals surface area contributed by atoms with Gasteiger partial charge in [-0.15, -0.1) is 0 Å². The highest BCUT2D eigenvalue weighted by atomic mass is 32.2. The Hall–Kier alpha value is -1.11. The molecule has 1 aromatic rings. The monoisotopic (exact) mass is 298 g/mol. The van der Waals surface area contributed by atoms with Crippen LogP contribution in [0.2, 0.25) is 0 Å². The standard InChI is InChI=1S/C14H22N2O3S/c1-9-3-4-10(2)14(13(9)15)20(18,19)16-8-11-5-6-12(17)7-11/h3-4,11-12,16-17H,5-8,15H2,1-2H3. The van der Waals surface area contributed by atoms with Crippen molar-refractivity contribution in [3.05, 3.63) is 23.3 Å². The van der Waals surface area contributed by atoms with Gasteiger partial charge in [0.05, 0.1) is 11.8 Å². The number of hydrogen-bond acceptors (Lipinski definition) is 4. The van der Waals surface area contributed by atoms with Gasteiger partial charge in [-0.3, -0.25) is 0 Å². The number of rotatable bonds is 4. The molecule has 2 rings (SSSR count). The van der Waals surface area contributed by atoms with Crippen molar-refractivity contribution in [3.63, 3.8) is 0 Å². The van der Waals surface area contributed by atoms with Crippen LogP contribution < -0.4 is 10.5 Å². The minimum Gasteiger partial charge on any atom is -0.397 e. The first kappa shape index (κ1) is 15.3. The minimum absolute atomic E-state index is 0.177. The second-order valence-electron chi connectivity index (χ2n) is 5.63.